The molecule has 2 unspecified atom stereocenters. The van der Waals surface area contributed by atoms with E-state index < -0.39 is 17.3 Å². The fourth-order valence-electron chi connectivity index (χ4n) is 1.88. The number of amides is 3. The average molecular weight is 331 g/mol. The van der Waals surface area contributed by atoms with Crippen LogP contribution in [0, 0.1) is 0 Å². The number of imide groups is 1. The number of nitrogens with zero attached hydrogens (tertiary/aromatic N) is 1. The molecule has 0 aromatic carbocycles. The molecule has 3 amide bonds. The molecule has 1 aliphatic rings. The van der Waals surface area contributed by atoms with Crippen LogP contribution in [0.3, 0.4) is 0 Å². The van der Waals surface area contributed by atoms with Gasteiger partial charge in [-0.25, -0.2) is 0 Å². The highest BCUT2D eigenvalue weighted by Gasteiger charge is 2.39. The summed E-state index contributed by atoms with van der Waals surface area (Å²) in [7, 11) is 0. The van der Waals surface area contributed by atoms with Crippen LogP contribution >= 0.6 is 11.8 Å². The number of thioether (sulfide) groups is 1. The van der Waals surface area contributed by atoms with Crippen LogP contribution in [0.25, 0.3) is 0 Å². The van der Waals surface area contributed by atoms with E-state index in [0.29, 0.717) is 6.54 Å². The summed E-state index contributed by atoms with van der Waals surface area (Å²) in [6.07, 6.45) is 0.909. The van der Waals surface area contributed by atoms with Crippen LogP contribution in [-0.2, 0) is 19.2 Å². The number of nitrogens with two attached hydrogens (primary N) is 1. The second-order valence-electron chi connectivity index (χ2n) is 4.95. The van der Waals surface area contributed by atoms with E-state index in [2.05, 4.69) is 5.32 Å². The van der Waals surface area contributed by atoms with Gasteiger partial charge in [0.1, 0.15) is 6.04 Å². The van der Waals surface area contributed by atoms with E-state index in [9.17, 15) is 19.2 Å². The second-order valence-corrected chi connectivity index (χ2v) is 6.19. The van der Waals surface area contributed by atoms with Crippen molar-refractivity contribution >= 4 is 35.5 Å². The zero-order valence-electron chi connectivity index (χ0n) is 12.4. The number of carboxylic acids is 1. The lowest BCUT2D eigenvalue weighted by molar-refractivity contribution is -0.139. The first-order valence-corrected chi connectivity index (χ1v) is 8.12. The van der Waals surface area contributed by atoms with E-state index >= 15 is 0 Å². The maximum atomic E-state index is 12.1. The van der Waals surface area contributed by atoms with Crippen molar-refractivity contribution in [2.24, 2.45) is 5.73 Å². The van der Waals surface area contributed by atoms with Gasteiger partial charge in [-0.2, -0.15) is 0 Å². The Morgan fingerprint density at radius 1 is 1.50 bits per heavy atom. The zero-order valence-corrected chi connectivity index (χ0v) is 13.2. The molecule has 0 saturated carbocycles. The van der Waals surface area contributed by atoms with E-state index in [4.69, 9.17) is 10.8 Å². The topological polar surface area (TPSA) is 130 Å². The quantitative estimate of drug-likeness (QED) is 0.470. The first-order chi connectivity index (χ1) is 10.4. The summed E-state index contributed by atoms with van der Waals surface area (Å²) in [5.74, 6) is -2.00. The Morgan fingerprint density at radius 3 is 2.77 bits per heavy atom. The van der Waals surface area contributed by atoms with Crippen LogP contribution < -0.4 is 11.1 Å². The SMILES string of the molecule is CCCNC(=O)CCN1C(=O)CC(SCC(N)C(=O)O)C1=O. The Balaban J connectivity index is 2.43. The fraction of sp³-hybridized carbons (Fsp3) is 0.692. The van der Waals surface area contributed by atoms with Crippen LogP contribution in [0.2, 0.25) is 0 Å². The van der Waals surface area contributed by atoms with Crippen LogP contribution in [0.1, 0.15) is 26.2 Å². The molecular weight excluding hydrogens is 310 g/mol. The molecule has 1 aliphatic heterocycles. The lowest BCUT2D eigenvalue weighted by atomic mass is 10.3. The maximum Gasteiger partial charge on any atom is 0.321 e. The number of carbonyl (C=O) groups excluding carboxylic acids is 3. The molecule has 124 valence electrons. The van der Waals surface area contributed by atoms with Crippen molar-refractivity contribution in [3.8, 4) is 0 Å². The molecule has 0 spiro atoms. The normalized spacial score (nSPS) is 19.4. The molecule has 0 aromatic heterocycles. The minimum absolute atomic E-state index is 0.0203. The van der Waals surface area contributed by atoms with Crippen molar-refractivity contribution in [3.05, 3.63) is 0 Å². The number of rotatable bonds is 9. The Labute approximate surface area is 132 Å². The molecule has 4 N–H and O–H groups in total. The standard InChI is InChI=1S/C13H21N3O5S/c1-2-4-15-10(17)3-5-16-11(18)6-9(12(16)19)22-7-8(14)13(20)21/h8-9H,2-7,14H2,1H3,(H,15,17)(H,20,21). The van der Waals surface area contributed by atoms with E-state index in [1.807, 2.05) is 6.92 Å². The van der Waals surface area contributed by atoms with Gasteiger partial charge >= 0.3 is 5.97 Å². The summed E-state index contributed by atoms with van der Waals surface area (Å²) >= 11 is 1.07. The average Bonchev–Trinajstić information content (AvgIpc) is 2.74. The van der Waals surface area contributed by atoms with Crippen LogP contribution in [0.5, 0.6) is 0 Å². The zero-order chi connectivity index (χ0) is 16.7. The molecule has 22 heavy (non-hydrogen) atoms. The Morgan fingerprint density at radius 2 is 2.18 bits per heavy atom. The van der Waals surface area contributed by atoms with Gasteiger partial charge < -0.3 is 16.2 Å². The van der Waals surface area contributed by atoms with Gasteiger partial charge in [-0.05, 0) is 6.42 Å². The van der Waals surface area contributed by atoms with Crippen molar-refractivity contribution in [1.29, 1.82) is 0 Å². The largest absolute Gasteiger partial charge is 0.480 e. The van der Waals surface area contributed by atoms with E-state index in [-0.39, 0.29) is 42.9 Å². The lowest BCUT2D eigenvalue weighted by Gasteiger charge is -2.15. The van der Waals surface area contributed by atoms with E-state index in [1.54, 1.807) is 0 Å². The highest BCUT2D eigenvalue weighted by atomic mass is 32.2. The Kier molecular flexibility index (Phi) is 7.33. The number of hydrogen-bond acceptors (Lipinski definition) is 6. The minimum Gasteiger partial charge on any atom is -0.480 e. The summed E-state index contributed by atoms with van der Waals surface area (Å²) in [6, 6.07) is -1.07. The molecule has 1 heterocycles. The number of aliphatic carboxylic acids is 1. The van der Waals surface area contributed by atoms with Gasteiger partial charge in [-0.15, -0.1) is 11.8 Å². The summed E-state index contributed by atoms with van der Waals surface area (Å²) in [6.45, 7) is 2.54. The van der Waals surface area contributed by atoms with Crippen molar-refractivity contribution in [1.82, 2.24) is 10.2 Å². The van der Waals surface area contributed by atoms with Gasteiger partial charge in [0.05, 0.1) is 5.25 Å². The highest BCUT2D eigenvalue weighted by Crippen LogP contribution is 2.25. The molecule has 9 heteroatoms. The number of carboxylic acid groups (broad SMARTS) is 1. The molecule has 1 fully saturated rings. The van der Waals surface area contributed by atoms with Gasteiger partial charge in [-0.1, -0.05) is 6.92 Å². The molecule has 8 nitrogen and oxygen atoms in total. The predicted molar refractivity (Wildman–Crippen MR) is 81.1 cm³/mol. The van der Waals surface area contributed by atoms with E-state index in [0.717, 1.165) is 23.1 Å². The maximum absolute atomic E-state index is 12.1. The first-order valence-electron chi connectivity index (χ1n) is 7.07. The third kappa shape index (κ3) is 5.30. The van der Waals surface area contributed by atoms with Crippen LogP contribution in [-0.4, -0.2) is 63.8 Å². The summed E-state index contributed by atoms with van der Waals surface area (Å²) in [5, 5.41) is 10.8. The Hall–Kier alpha value is -1.61. The first kappa shape index (κ1) is 18.4. The molecule has 0 bridgehead atoms. The number of likely N-dealkylation sites (tertiary alicyclic amines) is 1. The second kappa shape index (κ2) is 8.74. The van der Waals surface area contributed by atoms with Gasteiger partial charge in [0.25, 0.3) is 0 Å². The van der Waals surface area contributed by atoms with Crippen LogP contribution in [0.15, 0.2) is 0 Å². The Bertz CT molecular complexity index is 457. The summed E-state index contributed by atoms with van der Waals surface area (Å²) < 4.78 is 0. The fourth-order valence-corrected chi connectivity index (χ4v) is 2.99. The van der Waals surface area contributed by atoms with Crippen LogP contribution in [0.4, 0.5) is 0 Å². The molecule has 1 rings (SSSR count). The van der Waals surface area contributed by atoms with Crippen molar-refractivity contribution in [2.45, 2.75) is 37.5 Å². The minimum atomic E-state index is -1.14. The van der Waals surface area contributed by atoms with Gasteiger partial charge in [0.2, 0.25) is 17.7 Å². The smallest absolute Gasteiger partial charge is 0.321 e. The molecule has 2 atom stereocenters. The monoisotopic (exact) mass is 331 g/mol. The number of hydrogen-bond donors (Lipinski definition) is 3. The third-order valence-corrected chi connectivity index (χ3v) is 4.45. The van der Waals surface area contributed by atoms with Gasteiger partial charge in [-0.3, -0.25) is 24.1 Å². The number of nitrogens with one attached hydrogen (secondary N) is 1. The molecule has 0 aromatic rings. The summed E-state index contributed by atoms with van der Waals surface area (Å²) in [5.41, 5.74) is 5.37. The lowest BCUT2D eigenvalue weighted by Crippen LogP contribution is -2.36. The highest BCUT2D eigenvalue weighted by molar-refractivity contribution is 8.00. The molecule has 0 radical (unpaired) electrons. The van der Waals surface area contributed by atoms with Gasteiger partial charge in [0, 0.05) is 31.7 Å². The summed E-state index contributed by atoms with van der Waals surface area (Å²) in [4.78, 5) is 47.1. The predicted octanol–water partition coefficient (Wildman–Crippen LogP) is -0.825. The van der Waals surface area contributed by atoms with Crippen molar-refractivity contribution in [3.63, 3.8) is 0 Å². The van der Waals surface area contributed by atoms with Crippen molar-refractivity contribution in [2.75, 3.05) is 18.8 Å². The van der Waals surface area contributed by atoms with Crippen molar-refractivity contribution < 1.29 is 24.3 Å². The molecule has 0 aliphatic carbocycles. The van der Waals surface area contributed by atoms with E-state index in [1.165, 1.54) is 0 Å². The van der Waals surface area contributed by atoms with Gasteiger partial charge in [0.15, 0.2) is 0 Å². The molecule has 1 saturated heterocycles. The number of carbonyl (C=O) groups is 4. The third-order valence-electron chi connectivity index (χ3n) is 3.13. The molecular formula is C13H21N3O5S.